The Balaban J connectivity index is 2.18. The van der Waals surface area contributed by atoms with E-state index in [0.717, 1.165) is 0 Å². The molecule has 1 aromatic heterocycles. The van der Waals surface area contributed by atoms with Gasteiger partial charge in [0.05, 0.1) is 5.56 Å². The number of aromatic carboxylic acids is 1. The van der Waals surface area contributed by atoms with Gasteiger partial charge >= 0.3 is 5.97 Å². The lowest BCUT2D eigenvalue weighted by atomic mass is 10.2. The van der Waals surface area contributed by atoms with Crippen molar-refractivity contribution in [3.8, 4) is 0 Å². The molecular formula is C14H12ClN3O3. The summed E-state index contributed by atoms with van der Waals surface area (Å²) in [5, 5.41) is 14.7. The summed E-state index contributed by atoms with van der Waals surface area (Å²) in [6, 6.07) is 9.55. The largest absolute Gasteiger partial charge is 0.478 e. The normalized spacial score (nSPS) is 10.0. The van der Waals surface area contributed by atoms with Crippen molar-refractivity contribution in [2.75, 3.05) is 10.6 Å². The van der Waals surface area contributed by atoms with Gasteiger partial charge in [-0.3, -0.25) is 4.79 Å². The fourth-order valence-electron chi connectivity index (χ4n) is 1.67. The summed E-state index contributed by atoms with van der Waals surface area (Å²) in [6.45, 7) is 1.43. The summed E-state index contributed by atoms with van der Waals surface area (Å²) in [5.74, 6) is -0.908. The van der Waals surface area contributed by atoms with Gasteiger partial charge in [0, 0.05) is 18.3 Å². The van der Waals surface area contributed by atoms with Crippen LogP contribution in [-0.2, 0) is 4.79 Å². The Labute approximate surface area is 125 Å². The Morgan fingerprint density at radius 1 is 1.14 bits per heavy atom. The fourth-order valence-corrected chi connectivity index (χ4v) is 1.88. The van der Waals surface area contributed by atoms with Crippen molar-refractivity contribution >= 4 is 40.7 Å². The summed E-state index contributed by atoms with van der Waals surface area (Å²) in [4.78, 5) is 25.9. The molecule has 1 amide bonds. The Kier molecular flexibility index (Phi) is 4.39. The lowest BCUT2D eigenvalue weighted by Gasteiger charge is -2.08. The van der Waals surface area contributed by atoms with Crippen molar-refractivity contribution in [1.29, 1.82) is 0 Å². The number of hydrogen-bond donors (Lipinski definition) is 3. The van der Waals surface area contributed by atoms with Gasteiger partial charge in [0.15, 0.2) is 0 Å². The van der Waals surface area contributed by atoms with Crippen LogP contribution in [0.5, 0.6) is 0 Å². The van der Waals surface area contributed by atoms with Gasteiger partial charge in [0.25, 0.3) is 0 Å². The van der Waals surface area contributed by atoms with Crippen molar-refractivity contribution in [3.05, 3.63) is 47.1 Å². The van der Waals surface area contributed by atoms with E-state index in [1.54, 1.807) is 24.3 Å². The number of benzene rings is 1. The van der Waals surface area contributed by atoms with Crippen LogP contribution in [0.3, 0.4) is 0 Å². The predicted molar refractivity (Wildman–Crippen MR) is 80.2 cm³/mol. The molecule has 0 fully saturated rings. The maximum Gasteiger partial charge on any atom is 0.335 e. The van der Waals surface area contributed by atoms with E-state index in [1.807, 2.05) is 0 Å². The first-order valence-corrected chi connectivity index (χ1v) is 6.37. The van der Waals surface area contributed by atoms with E-state index in [2.05, 4.69) is 15.6 Å². The molecule has 2 rings (SSSR count). The number of amides is 1. The third-order valence-electron chi connectivity index (χ3n) is 2.52. The second kappa shape index (κ2) is 6.23. The van der Waals surface area contributed by atoms with E-state index in [0.29, 0.717) is 17.2 Å². The zero-order valence-electron chi connectivity index (χ0n) is 11.1. The minimum atomic E-state index is -1.08. The molecule has 0 radical (unpaired) electrons. The maximum atomic E-state index is 11.0. The molecule has 0 spiro atoms. The van der Waals surface area contributed by atoms with Gasteiger partial charge in [-0.2, -0.15) is 0 Å². The second-order valence-electron chi connectivity index (χ2n) is 4.25. The fraction of sp³-hybridized carbons (Fsp3) is 0.0714. The lowest BCUT2D eigenvalue weighted by molar-refractivity contribution is -0.114. The molecule has 0 aliphatic heterocycles. The van der Waals surface area contributed by atoms with Gasteiger partial charge < -0.3 is 15.7 Å². The molecule has 2 aromatic rings. The Hall–Kier alpha value is -2.60. The van der Waals surface area contributed by atoms with E-state index in [9.17, 15) is 9.59 Å². The zero-order valence-corrected chi connectivity index (χ0v) is 11.8. The number of pyridine rings is 1. The zero-order chi connectivity index (χ0) is 15.4. The molecule has 0 aliphatic rings. The highest BCUT2D eigenvalue weighted by molar-refractivity contribution is 6.29. The first-order chi connectivity index (χ1) is 9.94. The van der Waals surface area contributed by atoms with Crippen LogP contribution >= 0.6 is 11.6 Å². The molecule has 3 N–H and O–H groups in total. The van der Waals surface area contributed by atoms with Crippen LogP contribution in [0.15, 0.2) is 36.4 Å². The SMILES string of the molecule is CC(=O)Nc1ccc(Nc2cc(C(=O)O)cc(Cl)n2)cc1. The number of anilines is 3. The van der Waals surface area contributed by atoms with E-state index in [1.165, 1.54) is 19.1 Å². The molecule has 0 atom stereocenters. The van der Waals surface area contributed by atoms with Gasteiger partial charge in [-0.25, -0.2) is 9.78 Å². The average molecular weight is 306 g/mol. The van der Waals surface area contributed by atoms with Crippen LogP contribution in [0.4, 0.5) is 17.2 Å². The number of carbonyl (C=O) groups is 2. The average Bonchev–Trinajstić information content (AvgIpc) is 2.39. The highest BCUT2D eigenvalue weighted by Gasteiger charge is 2.07. The minimum absolute atomic E-state index is 0.0485. The van der Waals surface area contributed by atoms with Crippen LogP contribution < -0.4 is 10.6 Å². The predicted octanol–water partition coefficient (Wildman–Crippen LogP) is 3.14. The number of carboxylic acid groups (broad SMARTS) is 1. The number of aromatic nitrogens is 1. The van der Waals surface area contributed by atoms with E-state index >= 15 is 0 Å². The molecule has 6 nitrogen and oxygen atoms in total. The smallest absolute Gasteiger partial charge is 0.335 e. The van der Waals surface area contributed by atoms with Crippen molar-refractivity contribution in [1.82, 2.24) is 4.98 Å². The summed E-state index contributed by atoms with van der Waals surface area (Å²) >= 11 is 5.78. The quantitative estimate of drug-likeness (QED) is 0.755. The Morgan fingerprint density at radius 2 is 1.76 bits per heavy atom. The number of nitrogens with zero attached hydrogens (tertiary/aromatic N) is 1. The van der Waals surface area contributed by atoms with E-state index in [4.69, 9.17) is 16.7 Å². The first kappa shape index (κ1) is 14.8. The summed E-state index contributed by atoms with van der Waals surface area (Å²) in [5.41, 5.74) is 1.40. The Morgan fingerprint density at radius 3 is 2.33 bits per heavy atom. The molecule has 7 heteroatoms. The summed E-state index contributed by atoms with van der Waals surface area (Å²) in [6.07, 6.45) is 0. The molecule has 0 aliphatic carbocycles. The van der Waals surface area contributed by atoms with Gasteiger partial charge in [0.1, 0.15) is 11.0 Å². The number of halogens is 1. The topological polar surface area (TPSA) is 91.3 Å². The molecule has 108 valence electrons. The van der Waals surface area contributed by atoms with Crippen molar-refractivity contribution < 1.29 is 14.7 Å². The number of nitrogens with one attached hydrogen (secondary N) is 2. The standard InChI is InChI=1S/C14H12ClN3O3/c1-8(19)16-10-2-4-11(5-3-10)17-13-7-9(14(20)21)6-12(15)18-13/h2-7H,1H3,(H,16,19)(H,17,18)(H,20,21). The third-order valence-corrected chi connectivity index (χ3v) is 2.71. The van der Waals surface area contributed by atoms with Crippen LogP contribution in [-0.4, -0.2) is 22.0 Å². The monoisotopic (exact) mass is 305 g/mol. The number of hydrogen-bond acceptors (Lipinski definition) is 4. The van der Waals surface area contributed by atoms with Gasteiger partial charge in [-0.05, 0) is 36.4 Å². The molecule has 0 saturated heterocycles. The van der Waals surface area contributed by atoms with E-state index in [-0.39, 0.29) is 16.6 Å². The molecule has 1 aromatic carbocycles. The van der Waals surface area contributed by atoms with Gasteiger partial charge in [-0.1, -0.05) is 11.6 Å². The highest BCUT2D eigenvalue weighted by Crippen LogP contribution is 2.20. The molecule has 0 bridgehead atoms. The Bertz CT molecular complexity index is 686. The van der Waals surface area contributed by atoms with Crippen molar-refractivity contribution in [3.63, 3.8) is 0 Å². The maximum absolute atomic E-state index is 11.0. The van der Waals surface area contributed by atoms with Crippen LogP contribution in [0, 0.1) is 0 Å². The van der Waals surface area contributed by atoms with Gasteiger partial charge in [-0.15, -0.1) is 0 Å². The van der Waals surface area contributed by atoms with Gasteiger partial charge in [0.2, 0.25) is 5.91 Å². The number of carboxylic acids is 1. The first-order valence-electron chi connectivity index (χ1n) is 5.99. The molecular weight excluding hydrogens is 294 g/mol. The molecule has 0 saturated carbocycles. The van der Waals surface area contributed by atoms with Crippen molar-refractivity contribution in [2.45, 2.75) is 6.92 Å². The second-order valence-corrected chi connectivity index (χ2v) is 4.64. The van der Waals surface area contributed by atoms with Crippen LogP contribution in [0.1, 0.15) is 17.3 Å². The van der Waals surface area contributed by atoms with E-state index < -0.39 is 5.97 Å². The number of carbonyl (C=O) groups excluding carboxylic acids is 1. The van der Waals surface area contributed by atoms with Crippen LogP contribution in [0.2, 0.25) is 5.15 Å². The third kappa shape index (κ3) is 4.19. The molecule has 21 heavy (non-hydrogen) atoms. The summed E-state index contributed by atoms with van der Waals surface area (Å²) in [7, 11) is 0. The van der Waals surface area contributed by atoms with Crippen LogP contribution in [0.25, 0.3) is 0 Å². The summed E-state index contributed by atoms with van der Waals surface area (Å²) < 4.78 is 0. The number of rotatable bonds is 4. The van der Waals surface area contributed by atoms with Crippen molar-refractivity contribution in [2.24, 2.45) is 0 Å². The lowest BCUT2D eigenvalue weighted by Crippen LogP contribution is -2.05. The highest BCUT2D eigenvalue weighted by atomic mass is 35.5. The molecule has 0 unspecified atom stereocenters. The minimum Gasteiger partial charge on any atom is -0.478 e. The molecule has 1 heterocycles.